The fourth-order valence-corrected chi connectivity index (χ4v) is 1.83. The zero-order valence-electron chi connectivity index (χ0n) is 12.1. The first-order valence-corrected chi connectivity index (χ1v) is 6.88. The van der Waals surface area contributed by atoms with E-state index >= 15 is 0 Å². The van der Waals surface area contributed by atoms with Crippen LogP contribution in [0, 0.1) is 10.1 Å². The average molecular weight is 297 g/mol. The van der Waals surface area contributed by atoms with E-state index in [2.05, 4.69) is 9.97 Å². The second-order valence-corrected chi connectivity index (χ2v) is 4.69. The van der Waals surface area contributed by atoms with E-state index in [9.17, 15) is 14.9 Å². The van der Waals surface area contributed by atoms with E-state index in [1.165, 1.54) is 24.4 Å². The Morgan fingerprint density at radius 1 is 1.23 bits per heavy atom. The molecule has 0 saturated heterocycles. The van der Waals surface area contributed by atoms with Gasteiger partial charge in [-0.1, -0.05) is 19.4 Å². The lowest BCUT2D eigenvalue weighted by Gasteiger charge is -1.98. The highest BCUT2D eigenvalue weighted by Gasteiger charge is 2.05. The minimum absolute atomic E-state index is 0.0147. The molecule has 0 fully saturated rings. The highest BCUT2D eigenvalue weighted by molar-refractivity contribution is 6.05. The third kappa shape index (κ3) is 4.05. The van der Waals surface area contributed by atoms with Crippen LogP contribution in [0.2, 0.25) is 0 Å². The van der Waals surface area contributed by atoms with Crippen molar-refractivity contribution in [3.8, 4) is 0 Å². The Kier molecular flexibility index (Phi) is 5.08. The molecule has 22 heavy (non-hydrogen) atoms. The molecule has 0 amide bonds. The standard InChI is InChI=1S/C16H15N3O3/c1-2-3-13-10-18-15(11-17-13)16(20)9-6-12-4-7-14(8-5-12)19(21)22/h4-11H,2-3H2,1H3/b9-6+. The number of aryl methyl sites for hydroxylation is 1. The van der Waals surface area contributed by atoms with Crippen LogP contribution in [0.1, 0.15) is 35.1 Å². The number of allylic oxidation sites excluding steroid dienone is 1. The van der Waals surface area contributed by atoms with Crippen molar-refractivity contribution in [1.29, 1.82) is 0 Å². The van der Waals surface area contributed by atoms with E-state index in [-0.39, 0.29) is 17.2 Å². The van der Waals surface area contributed by atoms with Crippen LogP contribution in [0.25, 0.3) is 6.08 Å². The predicted octanol–water partition coefficient (Wildman–Crippen LogP) is 3.23. The molecule has 0 N–H and O–H groups in total. The third-order valence-corrected chi connectivity index (χ3v) is 2.99. The number of hydrogen-bond acceptors (Lipinski definition) is 5. The fourth-order valence-electron chi connectivity index (χ4n) is 1.83. The molecule has 0 radical (unpaired) electrons. The molecule has 0 saturated carbocycles. The van der Waals surface area contributed by atoms with Crippen LogP contribution in [0.3, 0.4) is 0 Å². The second-order valence-electron chi connectivity index (χ2n) is 4.69. The van der Waals surface area contributed by atoms with Crippen molar-refractivity contribution >= 4 is 17.5 Å². The molecule has 1 aromatic heterocycles. The molecule has 1 heterocycles. The van der Waals surface area contributed by atoms with Crippen LogP contribution < -0.4 is 0 Å². The summed E-state index contributed by atoms with van der Waals surface area (Å²) in [6.45, 7) is 2.05. The van der Waals surface area contributed by atoms with Gasteiger partial charge in [-0.2, -0.15) is 0 Å². The number of carbonyl (C=O) groups is 1. The van der Waals surface area contributed by atoms with E-state index in [0.29, 0.717) is 5.56 Å². The summed E-state index contributed by atoms with van der Waals surface area (Å²) in [5, 5.41) is 10.6. The first kappa shape index (κ1) is 15.5. The predicted molar refractivity (Wildman–Crippen MR) is 82.5 cm³/mol. The van der Waals surface area contributed by atoms with Gasteiger partial charge in [-0.25, -0.2) is 4.98 Å². The monoisotopic (exact) mass is 297 g/mol. The van der Waals surface area contributed by atoms with Crippen molar-refractivity contribution in [2.45, 2.75) is 19.8 Å². The Labute approximate surface area is 127 Å². The smallest absolute Gasteiger partial charge is 0.269 e. The number of nitro benzene ring substituents is 1. The van der Waals surface area contributed by atoms with Gasteiger partial charge in [0.15, 0.2) is 0 Å². The van der Waals surface area contributed by atoms with E-state index in [0.717, 1.165) is 18.5 Å². The maximum atomic E-state index is 12.0. The third-order valence-electron chi connectivity index (χ3n) is 2.99. The number of nitrogens with zero attached hydrogens (tertiary/aromatic N) is 3. The van der Waals surface area contributed by atoms with Crippen molar-refractivity contribution < 1.29 is 9.72 Å². The van der Waals surface area contributed by atoms with Crippen LogP contribution in [0.15, 0.2) is 42.7 Å². The zero-order chi connectivity index (χ0) is 15.9. The largest absolute Gasteiger partial charge is 0.287 e. The number of carbonyl (C=O) groups excluding carboxylic acids is 1. The summed E-state index contributed by atoms with van der Waals surface area (Å²) in [7, 11) is 0. The molecule has 6 heteroatoms. The minimum atomic E-state index is -0.466. The molecule has 0 bridgehead atoms. The second kappa shape index (κ2) is 7.21. The Morgan fingerprint density at radius 2 is 1.95 bits per heavy atom. The van der Waals surface area contributed by atoms with Crippen LogP contribution >= 0.6 is 0 Å². The molecule has 0 aliphatic heterocycles. The SMILES string of the molecule is CCCc1cnc(C(=O)/C=C/c2ccc([N+](=O)[O-])cc2)cn1. The molecule has 2 rings (SSSR count). The van der Waals surface area contributed by atoms with Crippen molar-refractivity contribution in [2.75, 3.05) is 0 Å². The quantitative estimate of drug-likeness (QED) is 0.353. The first-order valence-electron chi connectivity index (χ1n) is 6.88. The summed E-state index contributed by atoms with van der Waals surface area (Å²) in [5.74, 6) is -0.256. The number of benzene rings is 1. The van der Waals surface area contributed by atoms with E-state index in [1.54, 1.807) is 24.4 Å². The maximum absolute atomic E-state index is 12.0. The average Bonchev–Trinajstić information content (AvgIpc) is 2.54. The number of non-ortho nitro benzene ring substituents is 1. The lowest BCUT2D eigenvalue weighted by atomic mass is 10.1. The highest BCUT2D eigenvalue weighted by Crippen LogP contribution is 2.13. The van der Waals surface area contributed by atoms with E-state index in [1.807, 2.05) is 6.92 Å². The Balaban J connectivity index is 2.05. The number of hydrogen-bond donors (Lipinski definition) is 0. The zero-order valence-corrected chi connectivity index (χ0v) is 12.1. The summed E-state index contributed by atoms with van der Waals surface area (Å²) in [6, 6.07) is 5.95. The molecule has 6 nitrogen and oxygen atoms in total. The van der Waals surface area contributed by atoms with Crippen LogP contribution in [0.4, 0.5) is 5.69 Å². The normalized spacial score (nSPS) is 10.8. The van der Waals surface area contributed by atoms with Gasteiger partial charge in [0.05, 0.1) is 16.8 Å². The Bertz CT molecular complexity index is 692. The van der Waals surface area contributed by atoms with Crippen molar-refractivity contribution in [3.05, 3.63) is 69.8 Å². The number of ketones is 1. The van der Waals surface area contributed by atoms with Gasteiger partial charge < -0.3 is 0 Å². The topological polar surface area (TPSA) is 86.0 Å². The minimum Gasteiger partial charge on any atom is -0.287 e. The number of rotatable bonds is 6. The van der Waals surface area contributed by atoms with E-state index in [4.69, 9.17) is 0 Å². The van der Waals surface area contributed by atoms with Crippen molar-refractivity contribution in [1.82, 2.24) is 9.97 Å². The fraction of sp³-hybridized carbons (Fsp3) is 0.188. The van der Waals surface area contributed by atoms with Gasteiger partial charge in [0.25, 0.3) is 5.69 Å². The molecule has 0 aliphatic carbocycles. The molecule has 0 atom stereocenters. The summed E-state index contributed by atoms with van der Waals surface area (Å²) >= 11 is 0. The van der Waals surface area contributed by atoms with Gasteiger partial charge in [0, 0.05) is 18.3 Å². The number of nitro groups is 1. The molecular weight excluding hydrogens is 282 g/mol. The summed E-state index contributed by atoms with van der Waals surface area (Å²) in [6.07, 6.45) is 7.85. The lowest BCUT2D eigenvalue weighted by molar-refractivity contribution is -0.384. The van der Waals surface area contributed by atoms with Crippen LogP contribution in [0.5, 0.6) is 0 Å². The molecule has 112 valence electrons. The molecule has 0 spiro atoms. The maximum Gasteiger partial charge on any atom is 0.269 e. The first-order chi connectivity index (χ1) is 10.6. The Hall–Kier alpha value is -2.89. The highest BCUT2D eigenvalue weighted by atomic mass is 16.6. The molecule has 0 aliphatic rings. The molecule has 2 aromatic rings. The van der Waals surface area contributed by atoms with Gasteiger partial charge in [-0.05, 0) is 30.2 Å². The van der Waals surface area contributed by atoms with Crippen molar-refractivity contribution in [2.24, 2.45) is 0 Å². The van der Waals surface area contributed by atoms with Crippen LogP contribution in [-0.4, -0.2) is 20.7 Å². The summed E-state index contributed by atoms with van der Waals surface area (Å²) < 4.78 is 0. The van der Waals surface area contributed by atoms with Crippen LogP contribution in [-0.2, 0) is 6.42 Å². The van der Waals surface area contributed by atoms with E-state index < -0.39 is 4.92 Å². The molecule has 0 unspecified atom stereocenters. The van der Waals surface area contributed by atoms with Gasteiger partial charge in [0.1, 0.15) is 5.69 Å². The van der Waals surface area contributed by atoms with Gasteiger partial charge in [-0.15, -0.1) is 0 Å². The molecular formula is C16H15N3O3. The van der Waals surface area contributed by atoms with Gasteiger partial charge >= 0.3 is 0 Å². The Morgan fingerprint density at radius 3 is 2.50 bits per heavy atom. The van der Waals surface area contributed by atoms with Gasteiger partial charge in [0.2, 0.25) is 5.78 Å². The number of aromatic nitrogens is 2. The summed E-state index contributed by atoms with van der Waals surface area (Å²) in [5.41, 5.74) is 1.85. The lowest BCUT2D eigenvalue weighted by Crippen LogP contribution is -2.01. The summed E-state index contributed by atoms with van der Waals surface area (Å²) in [4.78, 5) is 30.3. The van der Waals surface area contributed by atoms with Crippen molar-refractivity contribution in [3.63, 3.8) is 0 Å². The van der Waals surface area contributed by atoms with Gasteiger partial charge in [-0.3, -0.25) is 19.9 Å². The molecule has 1 aromatic carbocycles.